The zero-order valence-corrected chi connectivity index (χ0v) is 17.5. The number of nitriles is 1. The topological polar surface area (TPSA) is 51.9 Å². The molecule has 0 amide bonds. The van der Waals surface area contributed by atoms with Crippen LogP contribution in [-0.2, 0) is 11.2 Å². The molecule has 146 valence electrons. The van der Waals surface area contributed by atoms with E-state index in [4.69, 9.17) is 21.6 Å². The molecule has 2 aliphatic rings. The lowest BCUT2D eigenvalue weighted by Gasteiger charge is -2.46. The first-order chi connectivity index (χ1) is 13.1. The number of piperidine rings is 1. The Labute approximate surface area is 171 Å². The van der Waals surface area contributed by atoms with Crippen LogP contribution in [0.15, 0.2) is 29.3 Å². The molecule has 1 aromatic rings. The highest BCUT2D eigenvalue weighted by Gasteiger charge is 2.34. The highest BCUT2D eigenvalue weighted by Crippen LogP contribution is 2.26. The Morgan fingerprint density at radius 3 is 2.67 bits per heavy atom. The van der Waals surface area contributed by atoms with Gasteiger partial charge in [-0.05, 0) is 50.1 Å². The van der Waals surface area contributed by atoms with E-state index < -0.39 is 0 Å². The van der Waals surface area contributed by atoms with Gasteiger partial charge in [0.2, 0.25) is 6.19 Å². The Hall–Kier alpha value is -1.26. The summed E-state index contributed by atoms with van der Waals surface area (Å²) >= 11 is 7.58. The quantitative estimate of drug-likeness (QED) is 0.435. The van der Waals surface area contributed by atoms with E-state index in [-0.39, 0.29) is 6.10 Å². The van der Waals surface area contributed by atoms with E-state index in [1.54, 1.807) is 11.8 Å². The minimum atomic E-state index is 0.270. The summed E-state index contributed by atoms with van der Waals surface area (Å²) in [6.07, 6.45) is 7.34. The molecule has 0 saturated carbocycles. The molecule has 0 radical (unpaired) electrons. The van der Waals surface area contributed by atoms with Crippen LogP contribution < -0.4 is 0 Å². The molecular weight excluding hydrogens is 380 g/mol. The molecule has 1 aromatic carbocycles. The number of ether oxygens (including phenoxy) is 1. The number of nitrogens with zero attached hydrogens (tertiary/aromatic N) is 4. The van der Waals surface area contributed by atoms with Crippen LogP contribution in [0.3, 0.4) is 0 Å². The van der Waals surface area contributed by atoms with E-state index in [0.29, 0.717) is 12.1 Å². The Bertz CT molecular complexity index is 682. The van der Waals surface area contributed by atoms with E-state index >= 15 is 0 Å². The summed E-state index contributed by atoms with van der Waals surface area (Å²) in [5.41, 5.74) is 1.30. The van der Waals surface area contributed by atoms with Gasteiger partial charge in [-0.2, -0.15) is 5.26 Å². The van der Waals surface area contributed by atoms with E-state index in [2.05, 4.69) is 33.8 Å². The lowest BCUT2D eigenvalue weighted by atomic mass is 9.96. The second-order valence-corrected chi connectivity index (χ2v) is 8.45. The molecule has 2 atom stereocenters. The van der Waals surface area contributed by atoms with Crippen molar-refractivity contribution in [3.8, 4) is 6.19 Å². The van der Waals surface area contributed by atoms with Crippen LogP contribution in [0.4, 0.5) is 0 Å². The third kappa shape index (κ3) is 5.39. The van der Waals surface area contributed by atoms with Crippen LogP contribution in [0.5, 0.6) is 0 Å². The van der Waals surface area contributed by atoms with Crippen molar-refractivity contribution in [2.24, 2.45) is 4.99 Å². The number of hydrogen-bond donors (Lipinski definition) is 0. The minimum Gasteiger partial charge on any atom is -0.376 e. The highest BCUT2D eigenvalue weighted by atomic mass is 35.5. The molecule has 0 bridgehead atoms. The maximum absolute atomic E-state index is 8.87. The van der Waals surface area contributed by atoms with Gasteiger partial charge in [0, 0.05) is 36.7 Å². The molecule has 0 N–H and O–H groups in total. The number of halogens is 1. The van der Waals surface area contributed by atoms with Crippen molar-refractivity contribution >= 4 is 28.5 Å². The smallest absolute Gasteiger partial charge is 0.208 e. The molecule has 7 heteroatoms. The van der Waals surface area contributed by atoms with Gasteiger partial charge in [-0.25, -0.2) is 0 Å². The first-order valence-corrected chi connectivity index (χ1v) is 11.1. The lowest BCUT2D eigenvalue weighted by Crippen LogP contribution is -2.57. The van der Waals surface area contributed by atoms with Crippen molar-refractivity contribution in [2.75, 3.05) is 32.5 Å². The van der Waals surface area contributed by atoms with Gasteiger partial charge in [-0.1, -0.05) is 35.5 Å². The predicted molar refractivity (Wildman–Crippen MR) is 112 cm³/mol. The Morgan fingerprint density at radius 1 is 1.33 bits per heavy atom. The average Bonchev–Trinajstić information content (AvgIpc) is 2.69. The fourth-order valence-corrected chi connectivity index (χ4v) is 4.76. The Balaban J connectivity index is 1.64. The molecule has 2 saturated heterocycles. The second kappa shape index (κ2) is 9.79. The van der Waals surface area contributed by atoms with E-state index in [9.17, 15) is 0 Å². The number of amidine groups is 1. The largest absolute Gasteiger partial charge is 0.376 e. The van der Waals surface area contributed by atoms with Crippen molar-refractivity contribution in [3.05, 3.63) is 34.9 Å². The molecule has 0 unspecified atom stereocenters. The van der Waals surface area contributed by atoms with Crippen LogP contribution in [0.2, 0.25) is 5.02 Å². The van der Waals surface area contributed by atoms with E-state index in [0.717, 1.165) is 55.7 Å². The maximum atomic E-state index is 8.87. The number of benzene rings is 1. The summed E-state index contributed by atoms with van der Waals surface area (Å²) in [6, 6.07) is 9.10. The van der Waals surface area contributed by atoms with Crippen molar-refractivity contribution in [2.45, 2.75) is 44.4 Å². The molecule has 3 rings (SSSR count). The van der Waals surface area contributed by atoms with Gasteiger partial charge >= 0.3 is 0 Å². The van der Waals surface area contributed by atoms with Gasteiger partial charge in [0.1, 0.15) is 0 Å². The summed E-state index contributed by atoms with van der Waals surface area (Å²) in [5.74, 6) is 0. The summed E-state index contributed by atoms with van der Waals surface area (Å²) in [6.45, 7) is 5.81. The zero-order valence-electron chi connectivity index (χ0n) is 16.0. The first-order valence-electron chi connectivity index (χ1n) is 9.48. The molecule has 27 heavy (non-hydrogen) atoms. The summed E-state index contributed by atoms with van der Waals surface area (Å²) < 4.78 is 5.98. The molecular formula is C20H27ClN4OS. The standard InChI is InChI=1S/C20H27ClN4OS/c1-15-12-25(18-7-9-24(10-8-18)20(27-2)23-14-22)19(13-26-15)11-16-3-5-17(21)6-4-16/h3-6,15,18-19H,7-13H2,1-2H3/b23-20-/t15-,19-/m0/s1. The summed E-state index contributed by atoms with van der Waals surface area (Å²) in [4.78, 5) is 8.85. The monoisotopic (exact) mass is 406 g/mol. The fourth-order valence-electron chi connectivity index (χ4n) is 4.06. The lowest BCUT2D eigenvalue weighted by molar-refractivity contribution is -0.0776. The number of aliphatic imine (C=N–C) groups is 1. The molecule has 0 aromatic heterocycles. The van der Waals surface area contributed by atoms with Crippen LogP contribution in [0.1, 0.15) is 25.3 Å². The van der Waals surface area contributed by atoms with Gasteiger partial charge in [0.25, 0.3) is 0 Å². The van der Waals surface area contributed by atoms with E-state index in [1.807, 2.05) is 24.6 Å². The van der Waals surface area contributed by atoms with Crippen molar-refractivity contribution < 1.29 is 4.74 Å². The minimum absolute atomic E-state index is 0.270. The molecule has 0 aliphatic carbocycles. The second-order valence-electron chi connectivity index (χ2n) is 7.24. The SMILES string of the molecule is CS/C(=N\C#N)N1CCC(N2C[C@H](C)OC[C@@H]2Cc2ccc(Cl)cc2)CC1. The molecule has 2 aliphatic heterocycles. The third-order valence-electron chi connectivity index (χ3n) is 5.43. The number of morpholine rings is 1. The Kier molecular flexibility index (Phi) is 7.42. The van der Waals surface area contributed by atoms with Gasteiger partial charge in [0.05, 0.1) is 12.7 Å². The first kappa shape index (κ1) is 20.5. The van der Waals surface area contributed by atoms with Gasteiger partial charge in [-0.15, -0.1) is 4.99 Å². The van der Waals surface area contributed by atoms with Crippen molar-refractivity contribution in [1.29, 1.82) is 5.26 Å². The molecule has 5 nitrogen and oxygen atoms in total. The summed E-state index contributed by atoms with van der Waals surface area (Å²) in [5, 5.41) is 10.5. The number of rotatable bonds is 3. The maximum Gasteiger partial charge on any atom is 0.208 e. The number of thioether (sulfide) groups is 1. The third-order valence-corrected chi connectivity index (χ3v) is 6.39. The predicted octanol–water partition coefficient (Wildman–Crippen LogP) is 3.64. The highest BCUT2D eigenvalue weighted by molar-refractivity contribution is 8.13. The zero-order chi connectivity index (χ0) is 19.2. The van der Waals surface area contributed by atoms with Crippen LogP contribution in [-0.4, -0.2) is 65.7 Å². The van der Waals surface area contributed by atoms with Crippen molar-refractivity contribution in [1.82, 2.24) is 9.80 Å². The fraction of sp³-hybridized carbons (Fsp3) is 0.600. The van der Waals surface area contributed by atoms with Gasteiger partial charge in [0.15, 0.2) is 5.17 Å². The summed E-state index contributed by atoms with van der Waals surface area (Å²) in [7, 11) is 0. The molecule has 0 spiro atoms. The van der Waals surface area contributed by atoms with E-state index in [1.165, 1.54) is 5.56 Å². The molecule has 2 fully saturated rings. The van der Waals surface area contributed by atoms with Crippen LogP contribution >= 0.6 is 23.4 Å². The van der Waals surface area contributed by atoms with Crippen LogP contribution in [0, 0.1) is 11.5 Å². The van der Waals surface area contributed by atoms with Gasteiger partial charge in [-0.3, -0.25) is 4.90 Å². The normalized spacial score (nSPS) is 25.4. The Morgan fingerprint density at radius 2 is 2.04 bits per heavy atom. The van der Waals surface area contributed by atoms with Crippen molar-refractivity contribution in [3.63, 3.8) is 0 Å². The van der Waals surface area contributed by atoms with Gasteiger partial charge < -0.3 is 9.64 Å². The number of hydrogen-bond acceptors (Lipinski definition) is 5. The van der Waals surface area contributed by atoms with Crippen LogP contribution in [0.25, 0.3) is 0 Å². The number of likely N-dealkylation sites (tertiary alicyclic amines) is 1. The molecule has 2 heterocycles. The average molecular weight is 407 g/mol.